The van der Waals surface area contributed by atoms with Gasteiger partial charge in [-0.3, -0.25) is 18.6 Å². The summed E-state index contributed by atoms with van der Waals surface area (Å²) in [6.07, 6.45) is 71.7. The van der Waals surface area contributed by atoms with E-state index in [4.69, 9.17) is 18.5 Å². The van der Waals surface area contributed by atoms with Crippen molar-refractivity contribution in [3.05, 3.63) is 12.2 Å². The predicted molar refractivity (Wildman–Crippen MR) is 331 cm³/mol. The van der Waals surface area contributed by atoms with Crippen LogP contribution in [0.4, 0.5) is 0 Å². The monoisotopic (exact) mass is 1110 g/mol. The fraction of sp³-hybridized carbons (Fsp3) is 0.940. The highest BCUT2D eigenvalue weighted by Gasteiger charge is 2.27. The van der Waals surface area contributed by atoms with Crippen LogP contribution in [-0.2, 0) is 32.7 Å². The highest BCUT2D eigenvalue weighted by molar-refractivity contribution is 7.47. The molecule has 458 valence electrons. The van der Waals surface area contributed by atoms with Crippen LogP contribution in [0.2, 0.25) is 0 Å². The fourth-order valence-electron chi connectivity index (χ4n) is 10.3. The molecule has 2 unspecified atom stereocenters. The van der Waals surface area contributed by atoms with Gasteiger partial charge in [0.25, 0.3) is 0 Å². The molecule has 10 heteroatoms. The standard InChI is InChI=1S/C67H132NO8P/c1-6-8-10-12-14-16-18-20-22-24-26-28-30-31-32-33-34-35-36-37-38-40-42-44-46-48-50-52-54-56-58-60-67(70)76-65(64-75-77(71,72)74-62-61-68(3,4)5)63-73-66(69)59-57-55-53-51-49-47-45-43-41-39-29-27-25-23-21-19-17-15-13-11-9-7-2/h24,26,65H,6-23,25,27-64H2,1-5H3/p+1/b26-24-. The third kappa shape index (κ3) is 63.8. The molecule has 0 fully saturated rings. The molecular formula is C67H133NO8P+. The Morgan fingerprint density at radius 1 is 0.390 bits per heavy atom. The first-order valence-corrected chi connectivity index (χ1v) is 35.4. The maximum Gasteiger partial charge on any atom is 0.472 e. The molecule has 0 amide bonds. The largest absolute Gasteiger partial charge is 0.472 e. The minimum Gasteiger partial charge on any atom is -0.462 e. The molecule has 0 radical (unpaired) electrons. The average Bonchev–Trinajstić information content (AvgIpc) is 3.39. The van der Waals surface area contributed by atoms with E-state index >= 15 is 0 Å². The summed E-state index contributed by atoms with van der Waals surface area (Å²) in [6, 6.07) is 0. The molecule has 0 aliphatic carbocycles. The molecule has 9 nitrogen and oxygen atoms in total. The number of allylic oxidation sites excluding steroid dienone is 2. The van der Waals surface area contributed by atoms with Crippen molar-refractivity contribution < 1.29 is 42.1 Å². The number of likely N-dealkylation sites (N-methyl/N-ethyl adjacent to an activating group) is 1. The number of ether oxygens (including phenoxy) is 2. The first kappa shape index (κ1) is 75.8. The van der Waals surface area contributed by atoms with E-state index in [-0.39, 0.29) is 25.6 Å². The summed E-state index contributed by atoms with van der Waals surface area (Å²) in [4.78, 5) is 35.8. The van der Waals surface area contributed by atoms with Gasteiger partial charge in [-0.05, 0) is 38.5 Å². The molecule has 0 rings (SSSR count). The molecule has 77 heavy (non-hydrogen) atoms. The molecular weight excluding hydrogens is 978 g/mol. The van der Waals surface area contributed by atoms with E-state index in [1.807, 2.05) is 21.1 Å². The Balaban J connectivity index is 3.99. The van der Waals surface area contributed by atoms with Crippen molar-refractivity contribution in [1.29, 1.82) is 0 Å². The number of unbranched alkanes of at least 4 members (excludes halogenated alkanes) is 48. The van der Waals surface area contributed by atoms with Gasteiger partial charge >= 0.3 is 19.8 Å². The smallest absolute Gasteiger partial charge is 0.462 e. The quantitative estimate of drug-likeness (QED) is 0.0211. The van der Waals surface area contributed by atoms with E-state index in [0.717, 1.165) is 38.5 Å². The Bertz CT molecular complexity index is 1300. The summed E-state index contributed by atoms with van der Waals surface area (Å²) in [5.74, 6) is -0.771. The number of hydrogen-bond donors (Lipinski definition) is 1. The van der Waals surface area contributed by atoms with Crippen LogP contribution in [0.15, 0.2) is 12.2 Å². The Hall–Kier alpha value is -1.25. The zero-order chi connectivity index (χ0) is 56.3. The molecule has 0 bridgehead atoms. The zero-order valence-corrected chi connectivity index (χ0v) is 53.1. The normalized spacial score (nSPS) is 13.2. The van der Waals surface area contributed by atoms with Gasteiger partial charge in [0, 0.05) is 12.8 Å². The Labute approximate surface area is 479 Å². The predicted octanol–water partition coefficient (Wildman–Crippen LogP) is 21.6. The highest BCUT2D eigenvalue weighted by Crippen LogP contribution is 2.43. The van der Waals surface area contributed by atoms with Crippen molar-refractivity contribution in [3.63, 3.8) is 0 Å². The van der Waals surface area contributed by atoms with Gasteiger partial charge in [0.05, 0.1) is 27.7 Å². The van der Waals surface area contributed by atoms with E-state index < -0.39 is 26.5 Å². The first-order chi connectivity index (χ1) is 37.5. The molecule has 0 aromatic heterocycles. The SMILES string of the molecule is CCCCCCCCCC/C=C\CCCCCCCCCCCCCCCCCCCCCC(=O)OC(COC(=O)CCCCCCCCCCCCCCCCCCCCCCCC)COP(=O)(O)OCC[N+](C)(C)C. The minimum atomic E-state index is -4.38. The van der Waals surface area contributed by atoms with E-state index in [9.17, 15) is 19.0 Å². The number of carbonyl (C=O) groups excluding carboxylic acids is 2. The van der Waals surface area contributed by atoms with Gasteiger partial charge in [-0.15, -0.1) is 0 Å². The Morgan fingerprint density at radius 3 is 0.961 bits per heavy atom. The number of quaternary nitrogens is 1. The van der Waals surface area contributed by atoms with Gasteiger partial charge in [0.1, 0.15) is 19.8 Å². The number of hydrogen-bond acceptors (Lipinski definition) is 7. The molecule has 0 saturated heterocycles. The van der Waals surface area contributed by atoms with Crippen molar-refractivity contribution in [2.75, 3.05) is 47.5 Å². The lowest BCUT2D eigenvalue weighted by Crippen LogP contribution is -2.37. The van der Waals surface area contributed by atoms with Gasteiger partial charge in [0.2, 0.25) is 0 Å². The summed E-state index contributed by atoms with van der Waals surface area (Å²) in [5.41, 5.74) is 0. The van der Waals surface area contributed by atoms with Crippen LogP contribution in [0, 0.1) is 0 Å². The first-order valence-electron chi connectivity index (χ1n) is 33.9. The molecule has 0 aromatic rings. The molecule has 2 atom stereocenters. The van der Waals surface area contributed by atoms with Crippen LogP contribution in [0.1, 0.15) is 354 Å². The summed E-state index contributed by atoms with van der Waals surface area (Å²) in [5, 5.41) is 0. The second-order valence-electron chi connectivity index (χ2n) is 24.6. The van der Waals surface area contributed by atoms with Crippen molar-refractivity contribution in [2.45, 2.75) is 360 Å². The summed E-state index contributed by atoms with van der Waals surface area (Å²) >= 11 is 0. The third-order valence-electron chi connectivity index (χ3n) is 15.5. The number of phosphoric ester groups is 1. The van der Waals surface area contributed by atoms with Crippen molar-refractivity contribution in [1.82, 2.24) is 0 Å². The lowest BCUT2D eigenvalue weighted by molar-refractivity contribution is -0.870. The number of esters is 2. The number of phosphoric acid groups is 1. The van der Waals surface area contributed by atoms with E-state index in [2.05, 4.69) is 26.0 Å². The highest BCUT2D eigenvalue weighted by atomic mass is 31.2. The van der Waals surface area contributed by atoms with Crippen LogP contribution in [-0.4, -0.2) is 74.9 Å². The van der Waals surface area contributed by atoms with Crippen LogP contribution < -0.4 is 0 Å². The summed E-state index contributed by atoms with van der Waals surface area (Å²) < 4.78 is 34.7. The molecule has 0 saturated carbocycles. The average molecular weight is 1110 g/mol. The summed E-state index contributed by atoms with van der Waals surface area (Å²) in [6.45, 7) is 4.52. The van der Waals surface area contributed by atoms with E-state index in [0.29, 0.717) is 17.4 Å². The van der Waals surface area contributed by atoms with Gasteiger partial charge in [-0.25, -0.2) is 4.57 Å². The van der Waals surface area contributed by atoms with Gasteiger partial charge in [-0.2, -0.15) is 0 Å². The van der Waals surface area contributed by atoms with Crippen molar-refractivity contribution >= 4 is 19.8 Å². The van der Waals surface area contributed by atoms with E-state index in [1.165, 1.54) is 289 Å². The van der Waals surface area contributed by atoms with Crippen LogP contribution in [0.25, 0.3) is 0 Å². The molecule has 0 spiro atoms. The number of rotatable bonds is 64. The van der Waals surface area contributed by atoms with Crippen LogP contribution in [0.5, 0.6) is 0 Å². The molecule has 0 aromatic carbocycles. The molecule has 0 aliphatic rings. The molecule has 1 N–H and O–H groups in total. The van der Waals surface area contributed by atoms with Crippen molar-refractivity contribution in [2.24, 2.45) is 0 Å². The van der Waals surface area contributed by atoms with Crippen molar-refractivity contribution in [3.8, 4) is 0 Å². The number of nitrogens with zero attached hydrogens (tertiary/aromatic N) is 1. The Morgan fingerprint density at radius 2 is 0.662 bits per heavy atom. The zero-order valence-electron chi connectivity index (χ0n) is 52.2. The molecule has 0 heterocycles. The summed E-state index contributed by atoms with van der Waals surface area (Å²) in [7, 11) is 1.50. The maximum atomic E-state index is 12.9. The van der Waals surface area contributed by atoms with Gasteiger partial charge in [-0.1, -0.05) is 315 Å². The maximum absolute atomic E-state index is 12.9. The van der Waals surface area contributed by atoms with Gasteiger partial charge in [0.15, 0.2) is 6.10 Å². The lowest BCUT2D eigenvalue weighted by atomic mass is 10.0. The van der Waals surface area contributed by atoms with Crippen LogP contribution in [0.3, 0.4) is 0 Å². The molecule has 0 aliphatic heterocycles. The van der Waals surface area contributed by atoms with E-state index in [1.54, 1.807) is 0 Å². The lowest BCUT2D eigenvalue weighted by Gasteiger charge is -2.24. The number of carbonyl (C=O) groups is 2. The van der Waals surface area contributed by atoms with Gasteiger partial charge < -0.3 is 18.9 Å². The Kier molecular flexibility index (Phi) is 58.4. The topological polar surface area (TPSA) is 108 Å². The minimum absolute atomic E-state index is 0.0366. The second-order valence-corrected chi connectivity index (χ2v) is 26.0. The van der Waals surface area contributed by atoms with Crippen LogP contribution >= 0.6 is 7.82 Å². The fourth-order valence-corrected chi connectivity index (χ4v) is 11.1. The third-order valence-corrected chi connectivity index (χ3v) is 16.5. The second kappa shape index (κ2) is 59.4.